The maximum absolute atomic E-state index is 12.0. The fraction of sp³-hybridized carbons (Fsp3) is 0.588. The van der Waals surface area contributed by atoms with Crippen molar-refractivity contribution in [3.63, 3.8) is 0 Å². The lowest BCUT2D eigenvalue weighted by molar-refractivity contribution is -0.126. The van der Waals surface area contributed by atoms with E-state index in [1.807, 2.05) is 39.0 Å². The fourth-order valence-corrected chi connectivity index (χ4v) is 1.91. The van der Waals surface area contributed by atoms with E-state index in [4.69, 9.17) is 9.47 Å². The normalized spacial score (nSPS) is 11.2. The number of aryl methyl sites for hydroxylation is 1. The summed E-state index contributed by atoms with van der Waals surface area (Å²) in [7, 11) is 1.64. The van der Waals surface area contributed by atoms with Gasteiger partial charge < -0.3 is 9.47 Å². The second-order valence-electron chi connectivity index (χ2n) is 5.97. The summed E-state index contributed by atoms with van der Waals surface area (Å²) < 4.78 is 11.1. The molecule has 0 radical (unpaired) electrons. The van der Waals surface area contributed by atoms with Crippen molar-refractivity contribution in [1.29, 1.82) is 0 Å². The van der Waals surface area contributed by atoms with Crippen molar-refractivity contribution in [2.75, 3.05) is 13.7 Å². The van der Waals surface area contributed by atoms with Crippen LogP contribution in [0, 0.1) is 5.41 Å². The van der Waals surface area contributed by atoms with Crippen LogP contribution in [-0.4, -0.2) is 19.5 Å². The van der Waals surface area contributed by atoms with Gasteiger partial charge in [0.15, 0.2) is 11.5 Å². The van der Waals surface area contributed by atoms with E-state index in [9.17, 15) is 4.79 Å². The number of Topliss-reactive ketones (excluding diaryl/α,β-unsaturated/α-hetero) is 1. The van der Waals surface area contributed by atoms with E-state index < -0.39 is 0 Å². The molecule has 0 atom stereocenters. The van der Waals surface area contributed by atoms with Crippen LogP contribution >= 0.6 is 0 Å². The van der Waals surface area contributed by atoms with Gasteiger partial charge >= 0.3 is 0 Å². The summed E-state index contributed by atoms with van der Waals surface area (Å²) in [6.07, 6.45) is 2.16. The van der Waals surface area contributed by atoms with Crippen LogP contribution in [0.3, 0.4) is 0 Å². The second-order valence-corrected chi connectivity index (χ2v) is 5.97. The van der Waals surface area contributed by atoms with Gasteiger partial charge in [0.1, 0.15) is 5.78 Å². The number of rotatable bonds is 7. The highest BCUT2D eigenvalue weighted by molar-refractivity contribution is 5.83. The molecule has 0 fully saturated rings. The predicted molar refractivity (Wildman–Crippen MR) is 81.6 cm³/mol. The predicted octanol–water partition coefficient (Wildman–Crippen LogP) is 4.03. The van der Waals surface area contributed by atoms with Crippen molar-refractivity contribution >= 4 is 5.78 Å². The first-order chi connectivity index (χ1) is 9.40. The molecule has 1 aromatic rings. The van der Waals surface area contributed by atoms with Gasteiger partial charge in [0.2, 0.25) is 0 Å². The van der Waals surface area contributed by atoms with E-state index in [-0.39, 0.29) is 11.2 Å². The van der Waals surface area contributed by atoms with Gasteiger partial charge in [-0.2, -0.15) is 0 Å². The summed E-state index contributed by atoms with van der Waals surface area (Å²) in [4.78, 5) is 12.0. The van der Waals surface area contributed by atoms with Crippen LogP contribution in [0.25, 0.3) is 0 Å². The van der Waals surface area contributed by atoms with Crippen LogP contribution in [0.2, 0.25) is 0 Å². The molecular formula is C17H26O3. The first-order valence-corrected chi connectivity index (χ1v) is 7.22. The minimum atomic E-state index is -0.288. The Hall–Kier alpha value is -1.51. The van der Waals surface area contributed by atoms with Gasteiger partial charge in [0, 0.05) is 11.8 Å². The second kappa shape index (κ2) is 7.32. The number of ketones is 1. The SMILES string of the molecule is CCCOc1c(CCC(=O)C(C)(C)C)cccc1OC. The minimum Gasteiger partial charge on any atom is -0.493 e. The maximum atomic E-state index is 12.0. The molecule has 0 heterocycles. The Balaban J connectivity index is 2.85. The molecule has 0 spiro atoms. The van der Waals surface area contributed by atoms with Gasteiger partial charge in [0.05, 0.1) is 13.7 Å². The summed E-state index contributed by atoms with van der Waals surface area (Å²) in [6, 6.07) is 5.83. The molecule has 3 heteroatoms. The molecule has 20 heavy (non-hydrogen) atoms. The van der Waals surface area contributed by atoms with Gasteiger partial charge in [-0.1, -0.05) is 39.8 Å². The zero-order valence-electron chi connectivity index (χ0n) is 13.3. The third-order valence-corrected chi connectivity index (χ3v) is 3.19. The van der Waals surface area contributed by atoms with Gasteiger partial charge in [-0.15, -0.1) is 0 Å². The molecule has 0 saturated heterocycles. The molecule has 3 nitrogen and oxygen atoms in total. The lowest BCUT2D eigenvalue weighted by atomic mass is 9.87. The lowest BCUT2D eigenvalue weighted by Gasteiger charge is -2.18. The average Bonchev–Trinajstić information content (AvgIpc) is 2.41. The van der Waals surface area contributed by atoms with Crippen molar-refractivity contribution in [2.45, 2.75) is 47.0 Å². The van der Waals surface area contributed by atoms with E-state index in [0.29, 0.717) is 19.4 Å². The monoisotopic (exact) mass is 278 g/mol. The molecule has 0 aromatic heterocycles. The van der Waals surface area contributed by atoms with Crippen LogP contribution in [0.5, 0.6) is 11.5 Å². The van der Waals surface area contributed by atoms with E-state index >= 15 is 0 Å². The summed E-state index contributed by atoms with van der Waals surface area (Å²) in [5.74, 6) is 1.78. The van der Waals surface area contributed by atoms with Crippen molar-refractivity contribution in [1.82, 2.24) is 0 Å². The molecular weight excluding hydrogens is 252 g/mol. The van der Waals surface area contributed by atoms with E-state index in [1.54, 1.807) is 7.11 Å². The first-order valence-electron chi connectivity index (χ1n) is 7.22. The third-order valence-electron chi connectivity index (χ3n) is 3.19. The molecule has 112 valence electrons. The van der Waals surface area contributed by atoms with E-state index in [1.165, 1.54) is 0 Å². The Kier molecular flexibility index (Phi) is 6.05. The summed E-state index contributed by atoms with van der Waals surface area (Å²) in [5, 5.41) is 0. The van der Waals surface area contributed by atoms with Gasteiger partial charge in [-0.05, 0) is 24.5 Å². The van der Waals surface area contributed by atoms with Crippen molar-refractivity contribution < 1.29 is 14.3 Å². The quantitative estimate of drug-likeness (QED) is 0.755. The Labute approximate surface area is 122 Å². The first kappa shape index (κ1) is 16.5. The van der Waals surface area contributed by atoms with Crippen LogP contribution < -0.4 is 9.47 Å². The largest absolute Gasteiger partial charge is 0.493 e. The topological polar surface area (TPSA) is 35.5 Å². The minimum absolute atomic E-state index is 0.266. The zero-order valence-corrected chi connectivity index (χ0v) is 13.3. The highest BCUT2D eigenvalue weighted by Gasteiger charge is 2.21. The van der Waals surface area contributed by atoms with Crippen LogP contribution in [-0.2, 0) is 11.2 Å². The van der Waals surface area contributed by atoms with Crippen LogP contribution in [0.1, 0.15) is 46.1 Å². The van der Waals surface area contributed by atoms with Crippen molar-refractivity contribution in [2.24, 2.45) is 5.41 Å². The number of hydrogen-bond donors (Lipinski definition) is 0. The number of benzene rings is 1. The molecule has 0 amide bonds. The number of ether oxygens (including phenoxy) is 2. The summed E-state index contributed by atoms with van der Waals surface area (Å²) in [6.45, 7) is 8.58. The molecule has 0 aliphatic heterocycles. The molecule has 0 aliphatic carbocycles. The number of methoxy groups -OCH3 is 1. The third kappa shape index (κ3) is 4.55. The highest BCUT2D eigenvalue weighted by atomic mass is 16.5. The number of carbonyl (C=O) groups excluding carboxylic acids is 1. The average molecular weight is 278 g/mol. The van der Waals surface area contributed by atoms with Crippen LogP contribution in [0.15, 0.2) is 18.2 Å². The molecule has 1 rings (SSSR count). The van der Waals surface area contributed by atoms with Crippen LogP contribution in [0.4, 0.5) is 0 Å². The fourth-order valence-electron chi connectivity index (χ4n) is 1.91. The highest BCUT2D eigenvalue weighted by Crippen LogP contribution is 2.32. The summed E-state index contributed by atoms with van der Waals surface area (Å²) in [5.41, 5.74) is 0.749. The number of carbonyl (C=O) groups is 1. The Morgan fingerprint density at radius 2 is 1.95 bits per heavy atom. The van der Waals surface area contributed by atoms with Gasteiger partial charge in [-0.25, -0.2) is 0 Å². The Morgan fingerprint density at radius 3 is 2.50 bits per heavy atom. The van der Waals surface area contributed by atoms with Crippen molar-refractivity contribution in [3.05, 3.63) is 23.8 Å². The standard InChI is InChI=1S/C17H26O3/c1-6-12-20-16-13(8-7-9-14(16)19-5)10-11-15(18)17(2,3)4/h7-9H,6,10-12H2,1-5H3. The molecule has 0 aliphatic rings. The maximum Gasteiger partial charge on any atom is 0.164 e. The smallest absolute Gasteiger partial charge is 0.164 e. The number of para-hydroxylation sites is 1. The Bertz CT molecular complexity index is 444. The molecule has 1 aromatic carbocycles. The molecule has 0 saturated carbocycles. The van der Waals surface area contributed by atoms with Crippen molar-refractivity contribution in [3.8, 4) is 11.5 Å². The number of hydrogen-bond acceptors (Lipinski definition) is 3. The lowest BCUT2D eigenvalue weighted by Crippen LogP contribution is -2.20. The Morgan fingerprint density at radius 1 is 1.25 bits per heavy atom. The van der Waals surface area contributed by atoms with E-state index in [0.717, 1.165) is 23.5 Å². The van der Waals surface area contributed by atoms with Gasteiger partial charge in [-0.3, -0.25) is 4.79 Å². The van der Waals surface area contributed by atoms with Gasteiger partial charge in [0.25, 0.3) is 0 Å². The molecule has 0 unspecified atom stereocenters. The van der Waals surface area contributed by atoms with E-state index in [2.05, 4.69) is 6.92 Å². The summed E-state index contributed by atoms with van der Waals surface area (Å²) >= 11 is 0. The molecule has 0 N–H and O–H groups in total. The zero-order chi connectivity index (χ0) is 15.2. The molecule has 0 bridgehead atoms.